The van der Waals surface area contributed by atoms with Crippen LogP contribution in [0.2, 0.25) is 0 Å². The standard InChI is InChI=1S/C23H25F2N7OS/c1-32(17-9-13-4-3-5-16(28-13)20(17)25)19-11-26-22(31-30-19)14-7-6-12(8-18(14)33)21-15(24)10-27-23(29-21)34-2/h6-8,10-11,13,16-17,20,28,33H,3-5,9H2,1-2H3/t13-,16+,17+,20-/m0/s1. The molecule has 2 saturated heterocycles. The van der Waals surface area contributed by atoms with Gasteiger partial charge in [0.25, 0.3) is 0 Å². The van der Waals surface area contributed by atoms with E-state index >= 15 is 4.39 Å². The second kappa shape index (κ2) is 9.38. The Balaban J connectivity index is 1.36. The number of thioether (sulfide) groups is 1. The summed E-state index contributed by atoms with van der Waals surface area (Å²) in [5, 5.41) is 22.8. The average Bonchev–Trinajstić information content (AvgIpc) is 2.86. The van der Waals surface area contributed by atoms with Crippen LogP contribution >= 0.6 is 11.8 Å². The summed E-state index contributed by atoms with van der Waals surface area (Å²) in [5.41, 5.74) is 0.862. The molecule has 34 heavy (non-hydrogen) atoms. The van der Waals surface area contributed by atoms with Crippen LogP contribution in [0.1, 0.15) is 25.7 Å². The molecule has 2 fully saturated rings. The molecule has 178 valence electrons. The smallest absolute Gasteiger partial charge is 0.187 e. The molecule has 0 saturated carbocycles. The molecule has 4 heterocycles. The number of phenolic OH excluding ortho intramolecular Hbond substituents is 1. The zero-order chi connectivity index (χ0) is 23.8. The Kier molecular flexibility index (Phi) is 6.30. The third-order valence-corrected chi connectivity index (χ3v) is 7.18. The number of nitrogens with one attached hydrogen (secondary N) is 1. The number of nitrogens with zero attached hydrogens (tertiary/aromatic N) is 6. The molecule has 8 nitrogen and oxygen atoms in total. The largest absolute Gasteiger partial charge is 0.507 e. The SMILES string of the molecule is CSc1ncc(F)c(-c2ccc(-c3ncc(N(C)[C@@H]4C[C@@H]5CCC[C@@H](N5)[C@@H]4F)nn3)c(O)c2)n1. The van der Waals surface area contributed by atoms with Crippen molar-refractivity contribution in [2.45, 2.75) is 55.1 Å². The number of piperidine rings is 2. The predicted molar refractivity (Wildman–Crippen MR) is 126 cm³/mol. The first-order valence-corrected chi connectivity index (χ1v) is 12.4. The van der Waals surface area contributed by atoms with Crippen LogP contribution in [-0.2, 0) is 0 Å². The van der Waals surface area contributed by atoms with Crippen molar-refractivity contribution < 1.29 is 13.9 Å². The first kappa shape index (κ1) is 22.9. The summed E-state index contributed by atoms with van der Waals surface area (Å²) in [4.78, 5) is 14.3. The Bertz CT molecular complexity index is 1180. The number of anilines is 1. The van der Waals surface area contributed by atoms with Crippen molar-refractivity contribution in [2.75, 3.05) is 18.2 Å². The molecule has 4 atom stereocenters. The minimum Gasteiger partial charge on any atom is -0.507 e. The van der Waals surface area contributed by atoms with Crippen LogP contribution in [0.4, 0.5) is 14.6 Å². The lowest BCUT2D eigenvalue weighted by Crippen LogP contribution is -2.61. The maximum atomic E-state index is 15.1. The van der Waals surface area contributed by atoms with Crippen molar-refractivity contribution in [1.29, 1.82) is 0 Å². The number of hydrogen-bond acceptors (Lipinski definition) is 9. The Morgan fingerprint density at radius 2 is 2.03 bits per heavy atom. The summed E-state index contributed by atoms with van der Waals surface area (Å²) in [5.74, 6) is -0.0177. The molecule has 2 aromatic heterocycles. The molecule has 0 aliphatic carbocycles. The molecule has 2 N–H and O–H groups in total. The van der Waals surface area contributed by atoms with Gasteiger partial charge < -0.3 is 15.3 Å². The lowest BCUT2D eigenvalue weighted by Gasteiger charge is -2.45. The predicted octanol–water partition coefficient (Wildman–Crippen LogP) is 3.62. The molecule has 2 bridgehead atoms. The van der Waals surface area contributed by atoms with Crippen molar-refractivity contribution in [1.82, 2.24) is 30.5 Å². The summed E-state index contributed by atoms with van der Waals surface area (Å²) in [6, 6.07) is 4.55. The zero-order valence-corrected chi connectivity index (χ0v) is 19.6. The topological polar surface area (TPSA) is 100.0 Å². The fourth-order valence-electron chi connectivity index (χ4n) is 4.80. The van der Waals surface area contributed by atoms with Gasteiger partial charge >= 0.3 is 0 Å². The maximum Gasteiger partial charge on any atom is 0.187 e. The Labute approximate surface area is 200 Å². The molecule has 0 unspecified atom stereocenters. The van der Waals surface area contributed by atoms with Crippen LogP contribution in [0.3, 0.4) is 0 Å². The third kappa shape index (κ3) is 4.29. The highest BCUT2D eigenvalue weighted by Gasteiger charge is 2.42. The first-order valence-electron chi connectivity index (χ1n) is 11.2. The summed E-state index contributed by atoms with van der Waals surface area (Å²) in [6.45, 7) is 0. The quantitative estimate of drug-likeness (QED) is 0.415. The van der Waals surface area contributed by atoms with Crippen LogP contribution in [0.15, 0.2) is 35.7 Å². The van der Waals surface area contributed by atoms with Gasteiger partial charge in [-0.2, -0.15) is 0 Å². The number of halogens is 2. The maximum absolute atomic E-state index is 15.1. The van der Waals surface area contributed by atoms with E-state index in [-0.39, 0.29) is 29.4 Å². The fraction of sp³-hybridized carbons (Fsp3) is 0.435. The molecular weight excluding hydrogens is 460 g/mol. The Morgan fingerprint density at radius 3 is 2.76 bits per heavy atom. The van der Waals surface area contributed by atoms with Gasteiger partial charge in [-0.25, -0.2) is 23.7 Å². The summed E-state index contributed by atoms with van der Waals surface area (Å²) in [6.07, 6.45) is 7.12. The lowest BCUT2D eigenvalue weighted by molar-refractivity contribution is 0.107. The minimum atomic E-state index is -0.992. The van der Waals surface area contributed by atoms with E-state index in [1.54, 1.807) is 18.4 Å². The summed E-state index contributed by atoms with van der Waals surface area (Å²) in [7, 11) is 1.81. The van der Waals surface area contributed by atoms with E-state index in [0.717, 1.165) is 25.5 Å². The zero-order valence-electron chi connectivity index (χ0n) is 18.8. The molecule has 0 amide bonds. The highest BCUT2D eigenvalue weighted by molar-refractivity contribution is 7.98. The monoisotopic (exact) mass is 485 g/mol. The number of alkyl halides is 1. The Hall–Kier alpha value is -2.92. The minimum absolute atomic E-state index is 0.102. The third-order valence-electron chi connectivity index (χ3n) is 6.62. The second-order valence-corrected chi connectivity index (χ2v) is 9.46. The molecule has 1 aromatic carbocycles. The van der Waals surface area contributed by atoms with Gasteiger partial charge in [0.2, 0.25) is 0 Å². The second-order valence-electron chi connectivity index (χ2n) is 8.68. The van der Waals surface area contributed by atoms with Gasteiger partial charge in [-0.3, -0.25) is 0 Å². The molecule has 5 rings (SSSR count). The number of fused-ring (bicyclic) bond motifs is 2. The molecule has 0 spiro atoms. The van der Waals surface area contributed by atoms with Gasteiger partial charge in [-0.1, -0.05) is 24.2 Å². The van der Waals surface area contributed by atoms with Gasteiger partial charge in [0.05, 0.1) is 24.0 Å². The number of rotatable bonds is 5. The molecule has 3 aromatic rings. The van der Waals surface area contributed by atoms with Crippen LogP contribution in [0, 0.1) is 5.82 Å². The van der Waals surface area contributed by atoms with E-state index in [9.17, 15) is 9.50 Å². The van der Waals surface area contributed by atoms with Crippen molar-refractivity contribution >= 4 is 17.6 Å². The van der Waals surface area contributed by atoms with Crippen molar-refractivity contribution in [3.8, 4) is 28.4 Å². The van der Waals surface area contributed by atoms with E-state index < -0.39 is 12.0 Å². The molecule has 11 heteroatoms. The number of phenols is 1. The van der Waals surface area contributed by atoms with Gasteiger partial charge in [0, 0.05) is 24.7 Å². The number of hydrogen-bond donors (Lipinski definition) is 2. The van der Waals surface area contributed by atoms with Gasteiger partial charge in [-0.05, 0) is 37.7 Å². The van der Waals surface area contributed by atoms with E-state index in [0.29, 0.717) is 34.6 Å². The fourth-order valence-corrected chi connectivity index (χ4v) is 5.14. The van der Waals surface area contributed by atoms with Crippen molar-refractivity contribution in [2.24, 2.45) is 0 Å². The molecule has 0 radical (unpaired) electrons. The van der Waals surface area contributed by atoms with Gasteiger partial charge in [-0.15, -0.1) is 10.2 Å². The van der Waals surface area contributed by atoms with E-state index in [1.807, 2.05) is 11.9 Å². The lowest BCUT2D eigenvalue weighted by atomic mass is 9.82. The number of benzene rings is 1. The highest BCUT2D eigenvalue weighted by atomic mass is 32.2. The normalized spacial score (nSPS) is 24.1. The van der Waals surface area contributed by atoms with Crippen LogP contribution in [-0.4, -0.2) is 67.9 Å². The average molecular weight is 486 g/mol. The first-order chi connectivity index (χ1) is 16.4. The number of aromatic hydroxyl groups is 1. The van der Waals surface area contributed by atoms with Crippen molar-refractivity contribution in [3.63, 3.8) is 0 Å². The molecule has 2 aliphatic rings. The molecule has 2 aliphatic heterocycles. The van der Waals surface area contributed by atoms with Crippen molar-refractivity contribution in [3.05, 3.63) is 36.4 Å². The summed E-state index contributed by atoms with van der Waals surface area (Å²) >= 11 is 1.30. The highest BCUT2D eigenvalue weighted by Crippen LogP contribution is 2.34. The van der Waals surface area contributed by atoms with Crippen LogP contribution < -0.4 is 10.2 Å². The summed E-state index contributed by atoms with van der Waals surface area (Å²) < 4.78 is 29.3. The van der Waals surface area contributed by atoms with Gasteiger partial charge in [0.15, 0.2) is 22.6 Å². The van der Waals surface area contributed by atoms with Crippen LogP contribution in [0.5, 0.6) is 5.75 Å². The van der Waals surface area contributed by atoms with E-state index in [2.05, 4.69) is 30.5 Å². The van der Waals surface area contributed by atoms with Gasteiger partial charge in [0.1, 0.15) is 17.6 Å². The molecular formula is C23H25F2N7OS. The Morgan fingerprint density at radius 1 is 1.18 bits per heavy atom. The van der Waals surface area contributed by atoms with Crippen LogP contribution in [0.25, 0.3) is 22.6 Å². The number of aromatic nitrogens is 5. The van der Waals surface area contributed by atoms with E-state index in [4.69, 9.17) is 0 Å². The van der Waals surface area contributed by atoms with E-state index in [1.165, 1.54) is 24.0 Å².